The van der Waals surface area contributed by atoms with E-state index >= 15 is 0 Å². The fourth-order valence-corrected chi connectivity index (χ4v) is 3.02. The second-order valence-corrected chi connectivity index (χ2v) is 7.16. The topological polar surface area (TPSA) is 70.5 Å². The molecule has 0 bridgehead atoms. The third-order valence-corrected chi connectivity index (χ3v) is 4.80. The number of hydrogen-bond acceptors (Lipinski definition) is 3. The largest absolute Gasteiger partial charge is 0.345 e. The van der Waals surface area contributed by atoms with Crippen LogP contribution in [0.15, 0.2) is 42.5 Å². The molecular weight excluding hydrogens is 378 g/mol. The smallest absolute Gasteiger partial charge is 0.322 e. The summed E-state index contributed by atoms with van der Waals surface area (Å²) in [7, 11) is 7.00. The van der Waals surface area contributed by atoms with Gasteiger partial charge in [0.05, 0.1) is 28.3 Å². The third kappa shape index (κ3) is 3.94. The van der Waals surface area contributed by atoms with Gasteiger partial charge in [0.1, 0.15) is 5.82 Å². The molecule has 28 heavy (non-hydrogen) atoms. The highest BCUT2D eigenvalue weighted by atomic mass is 35.5. The van der Waals surface area contributed by atoms with Crippen LogP contribution in [-0.4, -0.2) is 52.4 Å². The molecule has 0 radical (unpaired) electrons. The van der Waals surface area contributed by atoms with Crippen molar-refractivity contribution in [2.45, 2.75) is 6.54 Å². The average molecular weight is 400 g/mol. The predicted octanol–water partition coefficient (Wildman–Crippen LogP) is 3.59. The van der Waals surface area contributed by atoms with Crippen LogP contribution in [0.2, 0.25) is 5.02 Å². The molecule has 0 fully saturated rings. The van der Waals surface area contributed by atoms with Gasteiger partial charge in [0, 0.05) is 33.8 Å². The van der Waals surface area contributed by atoms with Crippen LogP contribution < -0.4 is 5.32 Å². The maximum atomic E-state index is 12.5. The van der Waals surface area contributed by atoms with E-state index in [1.54, 1.807) is 57.5 Å². The lowest BCUT2D eigenvalue weighted by molar-refractivity contribution is 0.0827. The summed E-state index contributed by atoms with van der Waals surface area (Å²) in [5.74, 6) is 0.631. The number of aromatic nitrogens is 2. The lowest BCUT2D eigenvalue weighted by Gasteiger charge is -2.18. The molecule has 0 unspecified atom stereocenters. The number of fused-ring (bicyclic) bond motifs is 1. The van der Waals surface area contributed by atoms with E-state index in [0.29, 0.717) is 34.2 Å². The molecule has 1 aromatic heterocycles. The Morgan fingerprint density at radius 1 is 1.14 bits per heavy atom. The molecule has 3 amide bonds. The Bertz CT molecular complexity index is 1040. The number of nitrogens with one attached hydrogen (secondary N) is 1. The van der Waals surface area contributed by atoms with E-state index in [9.17, 15) is 9.59 Å². The zero-order valence-electron chi connectivity index (χ0n) is 16.2. The van der Waals surface area contributed by atoms with Crippen LogP contribution in [0, 0.1) is 0 Å². The Morgan fingerprint density at radius 2 is 1.86 bits per heavy atom. The number of hydrogen-bond donors (Lipinski definition) is 1. The van der Waals surface area contributed by atoms with Crippen molar-refractivity contribution in [2.24, 2.45) is 7.05 Å². The predicted molar refractivity (Wildman–Crippen MR) is 111 cm³/mol. The number of amides is 3. The Balaban J connectivity index is 1.79. The fourth-order valence-electron chi connectivity index (χ4n) is 2.84. The Kier molecular flexibility index (Phi) is 5.56. The molecule has 0 aliphatic heterocycles. The van der Waals surface area contributed by atoms with Crippen molar-refractivity contribution < 1.29 is 9.59 Å². The first-order chi connectivity index (χ1) is 13.3. The molecular formula is C20H22ClN5O2. The van der Waals surface area contributed by atoms with E-state index in [4.69, 9.17) is 11.6 Å². The fraction of sp³-hybridized carbons (Fsp3) is 0.250. The molecule has 0 aliphatic carbocycles. The molecule has 0 atom stereocenters. The molecule has 0 spiro atoms. The maximum Gasteiger partial charge on any atom is 0.322 e. The van der Waals surface area contributed by atoms with E-state index in [1.165, 1.54) is 9.80 Å². The minimum atomic E-state index is -0.288. The quantitative estimate of drug-likeness (QED) is 0.728. The maximum absolute atomic E-state index is 12.5. The van der Waals surface area contributed by atoms with Crippen LogP contribution in [0.25, 0.3) is 11.0 Å². The van der Waals surface area contributed by atoms with Crippen molar-refractivity contribution in [3.8, 4) is 0 Å². The Hall–Kier alpha value is -3.06. The number of nitrogens with zero attached hydrogens (tertiary/aromatic N) is 4. The van der Waals surface area contributed by atoms with E-state index in [-0.39, 0.29) is 11.9 Å². The number of imidazole rings is 1. The number of halogens is 1. The van der Waals surface area contributed by atoms with E-state index in [0.717, 1.165) is 5.52 Å². The highest BCUT2D eigenvalue weighted by Crippen LogP contribution is 2.22. The van der Waals surface area contributed by atoms with Crippen LogP contribution in [0.4, 0.5) is 10.5 Å². The first-order valence-corrected chi connectivity index (χ1v) is 9.09. The molecule has 7 nitrogen and oxygen atoms in total. The molecule has 0 saturated carbocycles. The van der Waals surface area contributed by atoms with Crippen molar-refractivity contribution in [3.05, 3.63) is 58.9 Å². The first kappa shape index (κ1) is 19.7. The molecule has 146 valence electrons. The van der Waals surface area contributed by atoms with Crippen LogP contribution >= 0.6 is 11.6 Å². The molecule has 0 saturated heterocycles. The van der Waals surface area contributed by atoms with Crippen molar-refractivity contribution in [1.82, 2.24) is 19.4 Å². The van der Waals surface area contributed by atoms with Crippen LogP contribution in [0.1, 0.15) is 16.2 Å². The highest BCUT2D eigenvalue weighted by molar-refractivity contribution is 6.33. The Morgan fingerprint density at radius 3 is 2.54 bits per heavy atom. The molecule has 1 N–H and O–H groups in total. The summed E-state index contributed by atoms with van der Waals surface area (Å²) in [4.78, 5) is 32.3. The van der Waals surface area contributed by atoms with E-state index in [2.05, 4.69) is 10.3 Å². The van der Waals surface area contributed by atoms with E-state index < -0.39 is 0 Å². The zero-order valence-corrected chi connectivity index (χ0v) is 17.0. The van der Waals surface area contributed by atoms with Gasteiger partial charge in [0.2, 0.25) is 0 Å². The number of urea groups is 1. The number of rotatable bonds is 4. The van der Waals surface area contributed by atoms with Crippen LogP contribution in [0.3, 0.4) is 0 Å². The summed E-state index contributed by atoms with van der Waals surface area (Å²) in [5.41, 5.74) is 2.74. The lowest BCUT2D eigenvalue weighted by atomic mass is 10.2. The van der Waals surface area contributed by atoms with Crippen LogP contribution in [-0.2, 0) is 13.6 Å². The van der Waals surface area contributed by atoms with E-state index in [1.807, 2.05) is 17.7 Å². The van der Waals surface area contributed by atoms with Gasteiger partial charge in [-0.05, 0) is 30.3 Å². The lowest BCUT2D eigenvalue weighted by Crippen LogP contribution is -2.31. The monoisotopic (exact) mass is 399 g/mol. The number of carbonyl (C=O) groups excluding carboxylic acids is 2. The van der Waals surface area contributed by atoms with Gasteiger partial charge < -0.3 is 19.7 Å². The van der Waals surface area contributed by atoms with Crippen LogP contribution in [0.5, 0.6) is 0 Å². The summed E-state index contributed by atoms with van der Waals surface area (Å²) in [6.45, 7) is 0.304. The summed E-state index contributed by atoms with van der Waals surface area (Å²) in [6.07, 6.45) is 0. The second-order valence-electron chi connectivity index (χ2n) is 6.76. The van der Waals surface area contributed by atoms with Crippen molar-refractivity contribution >= 4 is 40.3 Å². The second kappa shape index (κ2) is 7.90. The summed E-state index contributed by atoms with van der Waals surface area (Å²) in [6, 6.07) is 12.2. The van der Waals surface area contributed by atoms with Crippen molar-refractivity contribution in [2.75, 3.05) is 26.5 Å². The minimum Gasteiger partial charge on any atom is -0.345 e. The van der Waals surface area contributed by atoms with Gasteiger partial charge in [-0.25, -0.2) is 9.78 Å². The van der Waals surface area contributed by atoms with Gasteiger partial charge in [-0.15, -0.1) is 0 Å². The molecule has 1 heterocycles. The summed E-state index contributed by atoms with van der Waals surface area (Å²) in [5, 5.41) is 3.26. The molecule has 2 aromatic carbocycles. The minimum absolute atomic E-state index is 0.0784. The summed E-state index contributed by atoms with van der Waals surface area (Å²) < 4.78 is 1.92. The van der Waals surface area contributed by atoms with Gasteiger partial charge in [-0.1, -0.05) is 23.7 Å². The number of aryl methyl sites for hydroxylation is 1. The normalized spacial score (nSPS) is 10.8. The number of anilines is 1. The molecule has 3 aromatic rings. The first-order valence-electron chi connectivity index (χ1n) is 8.71. The van der Waals surface area contributed by atoms with Gasteiger partial charge in [-0.2, -0.15) is 0 Å². The van der Waals surface area contributed by atoms with Gasteiger partial charge in [-0.3, -0.25) is 4.79 Å². The summed E-state index contributed by atoms with van der Waals surface area (Å²) >= 11 is 6.09. The standard InChI is InChI=1S/C20H22ClN5O2/c1-24(2)19(27)13-9-10-17-16(11-13)22-18(26(17)4)12-25(3)20(28)23-15-8-6-5-7-14(15)21/h5-11H,12H2,1-4H3,(H,23,28). The van der Waals surface area contributed by atoms with Crippen molar-refractivity contribution in [1.29, 1.82) is 0 Å². The zero-order chi connectivity index (χ0) is 20.4. The molecule has 0 aliphatic rings. The molecule has 3 rings (SSSR count). The Labute approximate surface area is 168 Å². The highest BCUT2D eigenvalue weighted by Gasteiger charge is 2.16. The van der Waals surface area contributed by atoms with Gasteiger partial charge >= 0.3 is 6.03 Å². The average Bonchev–Trinajstić information content (AvgIpc) is 2.97. The number of para-hydroxylation sites is 1. The number of benzene rings is 2. The van der Waals surface area contributed by atoms with Crippen molar-refractivity contribution in [3.63, 3.8) is 0 Å². The van der Waals surface area contributed by atoms with Gasteiger partial charge in [0.25, 0.3) is 5.91 Å². The molecule has 8 heteroatoms. The van der Waals surface area contributed by atoms with Gasteiger partial charge in [0.15, 0.2) is 0 Å². The number of carbonyl (C=O) groups is 2. The SMILES string of the molecule is CN(C)C(=O)c1ccc2c(c1)nc(CN(C)C(=O)Nc1ccccc1Cl)n2C. The third-order valence-electron chi connectivity index (χ3n) is 4.47.